The molecule has 34 heavy (non-hydrogen) atoms. The van der Waals surface area contributed by atoms with Crippen LogP contribution in [0.3, 0.4) is 0 Å². The SMILES string of the molecule is CNc1cc(-c2cn(C3CCCC3)c3ncccc23)nc2c(C(=O)NC3CCC3(F)F)cnn12. The minimum absolute atomic E-state index is 0.165. The van der Waals surface area contributed by atoms with Crippen molar-refractivity contribution in [2.75, 3.05) is 12.4 Å². The van der Waals surface area contributed by atoms with Gasteiger partial charge in [0, 0.05) is 48.9 Å². The van der Waals surface area contributed by atoms with E-state index in [4.69, 9.17) is 4.98 Å². The van der Waals surface area contributed by atoms with Gasteiger partial charge in [0.15, 0.2) is 5.65 Å². The monoisotopic (exact) mass is 465 g/mol. The van der Waals surface area contributed by atoms with Crippen molar-refractivity contribution in [3.8, 4) is 11.3 Å². The molecule has 1 atom stereocenters. The van der Waals surface area contributed by atoms with Crippen LogP contribution in [0.15, 0.2) is 36.8 Å². The first-order valence-electron chi connectivity index (χ1n) is 11.7. The molecule has 2 aliphatic carbocycles. The molecule has 176 valence electrons. The number of nitrogens with zero attached hydrogens (tertiary/aromatic N) is 5. The Morgan fingerprint density at radius 1 is 1.21 bits per heavy atom. The third-order valence-corrected chi connectivity index (χ3v) is 7.14. The van der Waals surface area contributed by atoms with Crippen molar-refractivity contribution in [1.29, 1.82) is 0 Å². The molecule has 0 aromatic carbocycles. The minimum Gasteiger partial charge on any atom is -0.373 e. The Balaban J connectivity index is 1.46. The fourth-order valence-electron chi connectivity index (χ4n) is 5.11. The topological polar surface area (TPSA) is 89.1 Å². The van der Waals surface area contributed by atoms with Crippen molar-refractivity contribution >= 4 is 28.4 Å². The number of carbonyl (C=O) groups excluding carboxylic acids is 1. The number of aromatic nitrogens is 5. The van der Waals surface area contributed by atoms with Gasteiger partial charge in [0.25, 0.3) is 11.8 Å². The fraction of sp³-hybridized carbons (Fsp3) is 0.417. The highest BCUT2D eigenvalue weighted by molar-refractivity contribution is 6.01. The van der Waals surface area contributed by atoms with Crippen LogP contribution in [0.25, 0.3) is 27.9 Å². The molecule has 0 bridgehead atoms. The Kier molecular flexibility index (Phi) is 4.79. The summed E-state index contributed by atoms with van der Waals surface area (Å²) in [5.74, 6) is -2.83. The fourth-order valence-corrected chi connectivity index (χ4v) is 5.11. The number of halogens is 2. The van der Waals surface area contributed by atoms with E-state index >= 15 is 0 Å². The standard InChI is InChI=1S/C24H25F2N7O/c1-27-20-11-18(17-13-32(14-5-2-3-6-14)21-15(17)7-4-10-28-21)30-22-16(12-29-33(20)22)23(34)31-19-8-9-24(19,25)26/h4,7,10-14,19,27H,2-3,5-6,8-9H2,1H3,(H,31,34). The summed E-state index contributed by atoms with van der Waals surface area (Å²) in [4.78, 5) is 22.3. The lowest BCUT2D eigenvalue weighted by Crippen LogP contribution is -2.55. The summed E-state index contributed by atoms with van der Waals surface area (Å²) in [5, 5.41) is 10.8. The second kappa shape index (κ2) is 7.75. The van der Waals surface area contributed by atoms with Crippen LogP contribution in [0.4, 0.5) is 14.6 Å². The first-order valence-corrected chi connectivity index (χ1v) is 11.7. The number of hydrogen-bond acceptors (Lipinski definition) is 5. The highest BCUT2D eigenvalue weighted by atomic mass is 19.3. The van der Waals surface area contributed by atoms with Crippen molar-refractivity contribution < 1.29 is 13.6 Å². The average Bonchev–Trinajstić information content (AvgIpc) is 3.59. The number of amides is 1. The summed E-state index contributed by atoms with van der Waals surface area (Å²) in [6.45, 7) is 0. The van der Waals surface area contributed by atoms with Crippen molar-refractivity contribution in [1.82, 2.24) is 29.5 Å². The molecule has 2 fully saturated rings. The van der Waals surface area contributed by atoms with E-state index in [1.807, 2.05) is 18.2 Å². The molecule has 1 unspecified atom stereocenters. The van der Waals surface area contributed by atoms with E-state index in [-0.39, 0.29) is 18.4 Å². The van der Waals surface area contributed by atoms with E-state index in [1.54, 1.807) is 13.2 Å². The van der Waals surface area contributed by atoms with Crippen LogP contribution >= 0.6 is 0 Å². The molecule has 8 nitrogen and oxygen atoms in total. The lowest BCUT2D eigenvalue weighted by molar-refractivity contribution is -0.102. The Bertz CT molecular complexity index is 1400. The zero-order valence-corrected chi connectivity index (χ0v) is 18.8. The first kappa shape index (κ1) is 21.0. The molecule has 1 amide bonds. The number of rotatable bonds is 5. The highest BCUT2D eigenvalue weighted by Crippen LogP contribution is 2.39. The molecule has 6 rings (SSSR count). The molecule has 4 aromatic rings. The zero-order valence-electron chi connectivity index (χ0n) is 18.8. The first-order chi connectivity index (χ1) is 16.5. The number of fused-ring (bicyclic) bond motifs is 2. The second-order valence-corrected chi connectivity index (χ2v) is 9.16. The summed E-state index contributed by atoms with van der Waals surface area (Å²) in [7, 11) is 1.76. The van der Waals surface area contributed by atoms with Gasteiger partial charge in [-0.2, -0.15) is 9.61 Å². The molecule has 10 heteroatoms. The molecular formula is C24H25F2N7O. The van der Waals surface area contributed by atoms with Crippen molar-refractivity contribution in [2.45, 2.75) is 56.5 Å². The predicted molar refractivity (Wildman–Crippen MR) is 124 cm³/mol. The van der Waals surface area contributed by atoms with Crippen LogP contribution < -0.4 is 10.6 Å². The van der Waals surface area contributed by atoms with Gasteiger partial charge in [0.05, 0.1) is 17.9 Å². The summed E-state index contributed by atoms with van der Waals surface area (Å²) in [5.41, 5.74) is 2.96. The normalized spacial score (nSPS) is 20.0. The van der Waals surface area contributed by atoms with Gasteiger partial charge in [-0.15, -0.1) is 0 Å². The van der Waals surface area contributed by atoms with Crippen molar-refractivity contribution in [2.24, 2.45) is 0 Å². The van der Waals surface area contributed by atoms with Gasteiger partial charge in [-0.3, -0.25) is 4.79 Å². The van der Waals surface area contributed by atoms with Crippen LogP contribution in [0.1, 0.15) is 54.9 Å². The number of hydrogen-bond donors (Lipinski definition) is 2. The maximum Gasteiger partial charge on any atom is 0.267 e. The predicted octanol–water partition coefficient (Wildman–Crippen LogP) is 4.43. The Morgan fingerprint density at radius 3 is 2.74 bits per heavy atom. The van der Waals surface area contributed by atoms with Gasteiger partial charge in [-0.25, -0.2) is 18.7 Å². The van der Waals surface area contributed by atoms with Gasteiger partial charge in [-0.05, 0) is 31.4 Å². The summed E-state index contributed by atoms with van der Waals surface area (Å²) in [6, 6.07) is 5.05. The molecule has 2 aliphatic rings. The Labute approximate surface area is 194 Å². The average molecular weight is 466 g/mol. The van der Waals surface area contributed by atoms with Gasteiger partial charge in [0.2, 0.25) is 0 Å². The van der Waals surface area contributed by atoms with Crippen LogP contribution in [-0.2, 0) is 0 Å². The number of nitrogens with one attached hydrogen (secondary N) is 2. The van der Waals surface area contributed by atoms with Crippen LogP contribution in [0.5, 0.6) is 0 Å². The van der Waals surface area contributed by atoms with E-state index in [0.717, 1.165) is 29.4 Å². The smallest absolute Gasteiger partial charge is 0.267 e. The van der Waals surface area contributed by atoms with E-state index in [0.29, 0.717) is 23.2 Å². The van der Waals surface area contributed by atoms with Gasteiger partial charge in [-0.1, -0.05) is 12.8 Å². The number of carbonyl (C=O) groups is 1. The molecule has 4 heterocycles. The summed E-state index contributed by atoms with van der Waals surface area (Å²) < 4.78 is 31.2. The highest BCUT2D eigenvalue weighted by Gasteiger charge is 2.49. The third-order valence-electron chi connectivity index (χ3n) is 7.14. The molecular weight excluding hydrogens is 440 g/mol. The van der Waals surface area contributed by atoms with Crippen molar-refractivity contribution in [3.05, 3.63) is 42.4 Å². The van der Waals surface area contributed by atoms with Crippen LogP contribution in [-0.4, -0.2) is 49.1 Å². The third kappa shape index (κ3) is 3.23. The number of alkyl halides is 2. The van der Waals surface area contributed by atoms with Gasteiger partial charge < -0.3 is 15.2 Å². The number of pyridine rings is 1. The maximum absolute atomic E-state index is 13.7. The lowest BCUT2D eigenvalue weighted by Gasteiger charge is -2.36. The maximum atomic E-state index is 13.7. The lowest BCUT2D eigenvalue weighted by atomic mass is 9.88. The van der Waals surface area contributed by atoms with Gasteiger partial charge >= 0.3 is 0 Å². The van der Waals surface area contributed by atoms with E-state index in [2.05, 4.69) is 31.5 Å². The minimum atomic E-state index is -2.87. The molecule has 2 N–H and O–H groups in total. The second-order valence-electron chi connectivity index (χ2n) is 9.16. The van der Waals surface area contributed by atoms with E-state index in [9.17, 15) is 13.6 Å². The largest absolute Gasteiger partial charge is 0.373 e. The number of anilines is 1. The van der Waals surface area contributed by atoms with E-state index in [1.165, 1.54) is 23.6 Å². The van der Waals surface area contributed by atoms with Gasteiger partial charge in [0.1, 0.15) is 17.0 Å². The zero-order chi connectivity index (χ0) is 23.4. The van der Waals surface area contributed by atoms with Crippen LogP contribution in [0.2, 0.25) is 0 Å². The summed E-state index contributed by atoms with van der Waals surface area (Å²) in [6.07, 6.45) is 9.95. The van der Waals surface area contributed by atoms with Crippen LogP contribution in [0, 0.1) is 0 Å². The Morgan fingerprint density at radius 2 is 2.03 bits per heavy atom. The molecule has 0 saturated heterocycles. The molecule has 0 radical (unpaired) electrons. The molecule has 0 aliphatic heterocycles. The quantitative estimate of drug-likeness (QED) is 0.455. The molecule has 4 aromatic heterocycles. The molecule has 2 saturated carbocycles. The van der Waals surface area contributed by atoms with E-state index < -0.39 is 17.9 Å². The summed E-state index contributed by atoms with van der Waals surface area (Å²) >= 11 is 0. The molecule has 0 spiro atoms. The van der Waals surface area contributed by atoms with Crippen molar-refractivity contribution in [3.63, 3.8) is 0 Å². The Hall–Kier alpha value is -3.56.